The van der Waals surface area contributed by atoms with Gasteiger partial charge >= 0.3 is 11.9 Å². The van der Waals surface area contributed by atoms with Crippen LogP contribution in [0.25, 0.3) is 0 Å². The molecule has 0 saturated carbocycles. The Morgan fingerprint density at radius 2 is 0.917 bits per heavy atom. The van der Waals surface area contributed by atoms with Crippen LogP contribution in [0.4, 0.5) is 0 Å². The van der Waals surface area contributed by atoms with Crippen LogP contribution in [-0.2, 0) is 32.7 Å². The standard InChI is InChI=1S/C50H92NO8P/c1-6-8-10-12-14-16-18-20-22-24-25-27-29-31-33-35-37-39-41-43-50(53)59-48(47-58-60(54,55)57-45-44-51(3,4)5)46-56-49(52)42-40-38-36-34-32-30-28-26-23-21-19-17-15-13-11-9-7-2/h20-23,28,30,34,36,48H,6-19,24-27,29,31-33,35,37-47H2,1-5H3/b22-20-,23-21-,30-28-,36-34-/t48-/m1/s1. The SMILES string of the molecule is CCCCCCCC/C=C\C/C=C\C/C=C\CCCC(=O)OC[C@H](COP(=O)([O-])OCC[N+](C)(C)C)OC(=O)CCCCCCCCCCC/C=C\CCCCCCCC. The molecule has 9 nitrogen and oxygen atoms in total. The number of ether oxygens (including phenoxy) is 2. The highest BCUT2D eigenvalue weighted by Gasteiger charge is 2.21. The van der Waals surface area contributed by atoms with Crippen LogP contribution < -0.4 is 4.89 Å². The average molecular weight is 866 g/mol. The van der Waals surface area contributed by atoms with Crippen molar-refractivity contribution in [2.45, 2.75) is 213 Å². The maximum absolute atomic E-state index is 12.7. The summed E-state index contributed by atoms with van der Waals surface area (Å²) >= 11 is 0. The van der Waals surface area contributed by atoms with Gasteiger partial charge in [-0.25, -0.2) is 0 Å². The van der Waals surface area contributed by atoms with Gasteiger partial charge in [-0.3, -0.25) is 14.2 Å². The highest BCUT2D eigenvalue weighted by molar-refractivity contribution is 7.45. The molecule has 350 valence electrons. The fraction of sp³-hybridized carbons (Fsp3) is 0.800. The molecule has 0 rings (SSSR count). The molecule has 0 aromatic carbocycles. The maximum Gasteiger partial charge on any atom is 0.306 e. The van der Waals surface area contributed by atoms with Gasteiger partial charge in [-0.05, 0) is 70.6 Å². The predicted octanol–water partition coefficient (Wildman–Crippen LogP) is 13.6. The van der Waals surface area contributed by atoms with Gasteiger partial charge in [0.15, 0.2) is 6.10 Å². The number of hydrogen-bond donors (Lipinski definition) is 0. The Kier molecular flexibility index (Phi) is 40.8. The maximum atomic E-state index is 12.7. The molecule has 2 atom stereocenters. The molecule has 0 saturated heterocycles. The molecular formula is C50H92NO8P. The van der Waals surface area contributed by atoms with Gasteiger partial charge in [0.1, 0.15) is 19.8 Å². The Morgan fingerprint density at radius 1 is 0.517 bits per heavy atom. The number of nitrogens with zero attached hydrogens (tertiary/aromatic N) is 1. The number of allylic oxidation sites excluding steroid dienone is 8. The van der Waals surface area contributed by atoms with Crippen LogP contribution in [-0.4, -0.2) is 70.0 Å². The number of unbranched alkanes of at least 4 members (excludes halogenated alkanes) is 22. The number of phosphoric ester groups is 1. The Hall–Kier alpha value is -2.03. The second-order valence-corrected chi connectivity index (χ2v) is 18.9. The first kappa shape index (κ1) is 58.0. The zero-order valence-corrected chi connectivity index (χ0v) is 40.3. The van der Waals surface area contributed by atoms with Crippen LogP contribution in [0.2, 0.25) is 0 Å². The van der Waals surface area contributed by atoms with Crippen molar-refractivity contribution >= 4 is 19.8 Å². The lowest BCUT2D eigenvalue weighted by Gasteiger charge is -2.28. The lowest BCUT2D eigenvalue weighted by molar-refractivity contribution is -0.870. The number of phosphoric acid groups is 1. The minimum Gasteiger partial charge on any atom is -0.756 e. The molecule has 0 bridgehead atoms. The summed E-state index contributed by atoms with van der Waals surface area (Å²) in [6.07, 6.45) is 50.0. The molecule has 0 N–H and O–H groups in total. The van der Waals surface area contributed by atoms with Gasteiger partial charge in [-0.15, -0.1) is 0 Å². The Labute approximate surface area is 369 Å². The van der Waals surface area contributed by atoms with E-state index in [1.54, 1.807) is 0 Å². The first-order valence-electron chi connectivity index (χ1n) is 24.3. The van der Waals surface area contributed by atoms with E-state index in [-0.39, 0.29) is 26.1 Å². The summed E-state index contributed by atoms with van der Waals surface area (Å²) in [5, 5.41) is 0. The second-order valence-electron chi connectivity index (χ2n) is 17.5. The van der Waals surface area contributed by atoms with Crippen molar-refractivity contribution in [1.82, 2.24) is 0 Å². The number of rotatable bonds is 44. The zero-order chi connectivity index (χ0) is 44.3. The smallest absolute Gasteiger partial charge is 0.306 e. The fourth-order valence-corrected chi connectivity index (χ4v) is 7.22. The van der Waals surface area contributed by atoms with E-state index >= 15 is 0 Å². The number of esters is 2. The van der Waals surface area contributed by atoms with Crippen molar-refractivity contribution < 1.29 is 42.1 Å². The molecule has 0 aromatic heterocycles. The van der Waals surface area contributed by atoms with Crippen LogP contribution in [0.15, 0.2) is 48.6 Å². The van der Waals surface area contributed by atoms with Crippen LogP contribution in [0.5, 0.6) is 0 Å². The van der Waals surface area contributed by atoms with Crippen LogP contribution in [0.1, 0.15) is 206 Å². The summed E-state index contributed by atoms with van der Waals surface area (Å²) in [6.45, 7) is 4.17. The first-order chi connectivity index (χ1) is 29.0. The van der Waals surface area contributed by atoms with Crippen molar-refractivity contribution in [3.63, 3.8) is 0 Å². The molecule has 0 spiro atoms. The van der Waals surface area contributed by atoms with Crippen LogP contribution in [0, 0.1) is 0 Å². The average Bonchev–Trinajstić information content (AvgIpc) is 3.20. The minimum atomic E-state index is -4.64. The quantitative estimate of drug-likeness (QED) is 0.0196. The predicted molar refractivity (Wildman–Crippen MR) is 250 cm³/mol. The number of hydrogen-bond acceptors (Lipinski definition) is 8. The van der Waals surface area contributed by atoms with Crippen molar-refractivity contribution in [2.75, 3.05) is 47.5 Å². The molecule has 0 aliphatic heterocycles. The minimum absolute atomic E-state index is 0.0395. The molecule has 1 unspecified atom stereocenters. The summed E-state index contributed by atoms with van der Waals surface area (Å²) < 4.78 is 33.9. The van der Waals surface area contributed by atoms with E-state index in [9.17, 15) is 19.0 Å². The third kappa shape index (κ3) is 45.5. The molecule has 0 heterocycles. The topological polar surface area (TPSA) is 111 Å². The molecule has 0 amide bonds. The molecular weight excluding hydrogens is 774 g/mol. The van der Waals surface area contributed by atoms with Crippen molar-refractivity contribution in [1.29, 1.82) is 0 Å². The summed E-state index contributed by atoms with van der Waals surface area (Å²) in [7, 11) is 1.14. The van der Waals surface area contributed by atoms with E-state index in [1.807, 2.05) is 21.1 Å². The van der Waals surface area contributed by atoms with Crippen molar-refractivity contribution in [3.05, 3.63) is 48.6 Å². The number of quaternary nitrogens is 1. The van der Waals surface area contributed by atoms with E-state index in [0.717, 1.165) is 44.9 Å². The van der Waals surface area contributed by atoms with Gasteiger partial charge in [-0.2, -0.15) is 0 Å². The highest BCUT2D eigenvalue weighted by Crippen LogP contribution is 2.38. The first-order valence-corrected chi connectivity index (χ1v) is 25.8. The molecule has 0 aromatic rings. The monoisotopic (exact) mass is 866 g/mol. The van der Waals surface area contributed by atoms with Gasteiger partial charge in [0.25, 0.3) is 7.82 Å². The third-order valence-corrected chi connectivity index (χ3v) is 11.3. The largest absolute Gasteiger partial charge is 0.756 e. The van der Waals surface area contributed by atoms with Gasteiger partial charge < -0.3 is 27.9 Å². The Balaban J connectivity index is 4.37. The van der Waals surface area contributed by atoms with Crippen molar-refractivity contribution in [2.24, 2.45) is 0 Å². The van der Waals surface area contributed by atoms with Gasteiger partial charge in [0.2, 0.25) is 0 Å². The fourth-order valence-electron chi connectivity index (χ4n) is 6.49. The number of likely N-dealkylation sites (N-methyl/N-ethyl adjacent to an activating group) is 1. The van der Waals surface area contributed by atoms with Gasteiger partial charge in [0, 0.05) is 12.8 Å². The molecule has 0 aliphatic carbocycles. The number of carbonyl (C=O) groups excluding carboxylic acids is 2. The van der Waals surface area contributed by atoms with E-state index in [2.05, 4.69) is 62.5 Å². The van der Waals surface area contributed by atoms with E-state index in [1.165, 1.54) is 122 Å². The molecule has 60 heavy (non-hydrogen) atoms. The zero-order valence-electron chi connectivity index (χ0n) is 39.4. The molecule has 0 fully saturated rings. The summed E-state index contributed by atoms with van der Waals surface area (Å²) in [4.78, 5) is 37.6. The third-order valence-electron chi connectivity index (χ3n) is 10.3. The van der Waals surface area contributed by atoms with E-state index < -0.39 is 32.5 Å². The highest BCUT2D eigenvalue weighted by atomic mass is 31.2. The Morgan fingerprint density at radius 3 is 1.40 bits per heavy atom. The van der Waals surface area contributed by atoms with Gasteiger partial charge in [0.05, 0.1) is 27.7 Å². The number of carbonyl (C=O) groups is 2. The Bertz CT molecular complexity index is 1160. The lowest BCUT2D eigenvalue weighted by atomic mass is 10.1. The van der Waals surface area contributed by atoms with Gasteiger partial charge in [-0.1, -0.05) is 172 Å². The van der Waals surface area contributed by atoms with E-state index in [4.69, 9.17) is 18.5 Å². The van der Waals surface area contributed by atoms with Crippen LogP contribution in [0.3, 0.4) is 0 Å². The summed E-state index contributed by atoms with van der Waals surface area (Å²) in [5.41, 5.74) is 0. The molecule has 0 aliphatic rings. The summed E-state index contributed by atoms with van der Waals surface area (Å²) in [5.74, 6) is -0.895. The van der Waals surface area contributed by atoms with E-state index in [0.29, 0.717) is 23.9 Å². The summed E-state index contributed by atoms with van der Waals surface area (Å²) in [6, 6.07) is 0. The molecule has 10 heteroatoms. The van der Waals surface area contributed by atoms with Crippen molar-refractivity contribution in [3.8, 4) is 0 Å². The normalized spacial score (nSPS) is 13.9. The molecule has 0 radical (unpaired) electrons. The van der Waals surface area contributed by atoms with Crippen LogP contribution >= 0.6 is 7.82 Å². The second kappa shape index (κ2) is 42.3. The lowest BCUT2D eigenvalue weighted by Crippen LogP contribution is -2.37.